The number of para-hydroxylation sites is 1. The summed E-state index contributed by atoms with van der Waals surface area (Å²) in [5, 5.41) is 4.11. The second kappa shape index (κ2) is 9.63. The molecule has 4 heterocycles. The van der Waals surface area contributed by atoms with Crippen LogP contribution in [-0.2, 0) is 4.74 Å². The van der Waals surface area contributed by atoms with Crippen molar-refractivity contribution in [2.24, 2.45) is 0 Å². The Morgan fingerprint density at radius 2 is 1.71 bits per heavy atom. The maximum atomic E-state index is 5.62. The number of benzene rings is 1. The third-order valence-electron chi connectivity index (χ3n) is 4.51. The lowest BCUT2D eigenvalue weighted by molar-refractivity contribution is 0.122. The maximum absolute atomic E-state index is 5.62. The Morgan fingerprint density at radius 3 is 2.42 bits per heavy atom. The van der Waals surface area contributed by atoms with Crippen LogP contribution in [0.4, 0.5) is 22.6 Å². The molecule has 1 saturated heterocycles. The largest absolute Gasteiger partial charge is 0.378 e. The van der Waals surface area contributed by atoms with Gasteiger partial charge in [-0.05, 0) is 12.1 Å². The monoisotopic (exact) mass is 436 g/mol. The Bertz CT molecular complexity index is 1130. The lowest BCUT2D eigenvalue weighted by Gasteiger charge is -2.28. The number of nitrogens with two attached hydrogens (primary N) is 1. The van der Waals surface area contributed by atoms with Crippen molar-refractivity contribution in [1.82, 2.24) is 24.9 Å². The summed E-state index contributed by atoms with van der Waals surface area (Å²) in [4.78, 5) is 25.4. The topological polar surface area (TPSA) is 115 Å². The predicted molar refractivity (Wildman–Crippen MR) is 125 cm³/mol. The molecule has 3 aromatic heterocycles. The smallest absolute Gasteiger partial charge is 0.219 e. The lowest BCUT2D eigenvalue weighted by atomic mass is 10.3. The van der Waals surface area contributed by atoms with Crippen LogP contribution in [0.25, 0.3) is 21.7 Å². The van der Waals surface area contributed by atoms with Crippen LogP contribution in [0.2, 0.25) is 0 Å². The third kappa shape index (κ3) is 4.70. The molecule has 1 aliphatic heterocycles. The van der Waals surface area contributed by atoms with Crippen molar-refractivity contribution in [2.45, 2.75) is 13.8 Å². The Balaban J connectivity index is 0.00000112. The first-order valence-electron chi connectivity index (χ1n) is 10.2. The number of nitrogens with one attached hydrogen (secondary N) is 1. The molecule has 3 N–H and O–H groups in total. The summed E-state index contributed by atoms with van der Waals surface area (Å²) in [5.41, 5.74) is 8.07. The zero-order valence-corrected chi connectivity index (χ0v) is 18.3. The fraction of sp³-hybridized carbons (Fsp3) is 0.286. The maximum Gasteiger partial charge on any atom is 0.219 e. The average molecular weight is 437 g/mol. The number of rotatable bonds is 4. The number of nitrogen functional groups attached to an aromatic ring is 1. The molecule has 9 nitrogen and oxygen atoms in total. The van der Waals surface area contributed by atoms with Crippen LogP contribution in [0.3, 0.4) is 0 Å². The number of nitrogens with zero attached hydrogens (tertiary/aromatic N) is 6. The zero-order chi connectivity index (χ0) is 21.6. The van der Waals surface area contributed by atoms with Gasteiger partial charge < -0.3 is 20.7 Å². The molecule has 160 valence electrons. The van der Waals surface area contributed by atoms with Crippen LogP contribution < -0.4 is 16.0 Å². The van der Waals surface area contributed by atoms with E-state index in [0.29, 0.717) is 24.6 Å². The van der Waals surface area contributed by atoms with Crippen LogP contribution in [0.5, 0.6) is 0 Å². The molecule has 1 aromatic carbocycles. The van der Waals surface area contributed by atoms with Crippen LogP contribution in [0.1, 0.15) is 13.8 Å². The van der Waals surface area contributed by atoms with E-state index in [2.05, 4.69) is 20.2 Å². The summed E-state index contributed by atoms with van der Waals surface area (Å²) in [7, 11) is 0. The molecular weight excluding hydrogens is 412 g/mol. The Labute approximate surface area is 184 Å². The molecule has 0 atom stereocenters. The standard InChI is InChI=1S/C19H18N8OS.C2H6/c20-18-21-10-12(11-22-18)15-25-16(27-6-8-28-9-7-27)14-17(26-15)29-19(24-14)23-13-4-2-1-3-5-13;1-2/h1-5,10-11H,6-9H2,(H,23,24)(H2,20,21,22);1-2H3. The number of hydrogen-bond donors (Lipinski definition) is 2. The number of anilines is 4. The molecule has 0 radical (unpaired) electrons. The first kappa shape index (κ1) is 20.9. The van der Waals surface area contributed by atoms with Gasteiger partial charge in [-0.15, -0.1) is 0 Å². The summed E-state index contributed by atoms with van der Waals surface area (Å²) < 4.78 is 5.50. The molecule has 1 aliphatic rings. The van der Waals surface area contributed by atoms with E-state index in [-0.39, 0.29) is 5.95 Å². The summed E-state index contributed by atoms with van der Waals surface area (Å²) in [5.74, 6) is 1.56. The van der Waals surface area contributed by atoms with Crippen LogP contribution in [0, 0.1) is 0 Å². The highest BCUT2D eigenvalue weighted by molar-refractivity contribution is 7.21. The van der Waals surface area contributed by atoms with Gasteiger partial charge in [0.2, 0.25) is 5.95 Å². The zero-order valence-electron chi connectivity index (χ0n) is 17.4. The van der Waals surface area contributed by atoms with E-state index in [1.807, 2.05) is 44.2 Å². The number of thiazole rings is 1. The SMILES string of the molecule is CC.Nc1ncc(-c2nc(N3CCOCC3)c3nc(Nc4ccccc4)sc3n2)cn1. The fourth-order valence-corrected chi connectivity index (χ4v) is 3.94. The van der Waals surface area contributed by atoms with E-state index in [1.165, 1.54) is 11.3 Å². The summed E-state index contributed by atoms with van der Waals surface area (Å²) >= 11 is 1.49. The van der Waals surface area contributed by atoms with Gasteiger partial charge in [-0.25, -0.2) is 24.9 Å². The van der Waals surface area contributed by atoms with Gasteiger partial charge in [-0.2, -0.15) is 0 Å². The number of aromatic nitrogens is 5. The molecule has 1 fully saturated rings. The number of morpholine rings is 1. The second-order valence-corrected chi connectivity index (χ2v) is 7.44. The van der Waals surface area contributed by atoms with Gasteiger partial charge in [0.25, 0.3) is 0 Å². The van der Waals surface area contributed by atoms with E-state index in [0.717, 1.165) is 40.1 Å². The molecule has 10 heteroatoms. The molecule has 0 spiro atoms. The first-order chi connectivity index (χ1) is 15.3. The fourth-order valence-electron chi connectivity index (χ4n) is 3.08. The van der Waals surface area contributed by atoms with E-state index < -0.39 is 0 Å². The van der Waals surface area contributed by atoms with Gasteiger partial charge in [-0.3, -0.25) is 0 Å². The quantitative estimate of drug-likeness (QED) is 0.494. The highest BCUT2D eigenvalue weighted by Crippen LogP contribution is 2.34. The second-order valence-electron chi connectivity index (χ2n) is 6.46. The average Bonchev–Trinajstić information content (AvgIpc) is 3.24. The summed E-state index contributed by atoms with van der Waals surface area (Å²) in [6.07, 6.45) is 3.27. The van der Waals surface area contributed by atoms with Gasteiger partial charge in [0.05, 0.1) is 18.8 Å². The molecule has 0 saturated carbocycles. The molecule has 0 unspecified atom stereocenters. The summed E-state index contributed by atoms with van der Waals surface area (Å²) in [6, 6.07) is 9.93. The van der Waals surface area contributed by atoms with E-state index in [1.54, 1.807) is 12.4 Å². The lowest BCUT2D eigenvalue weighted by Crippen LogP contribution is -2.37. The highest BCUT2D eigenvalue weighted by Gasteiger charge is 2.21. The van der Waals surface area contributed by atoms with Crippen molar-refractivity contribution in [3.63, 3.8) is 0 Å². The Kier molecular flexibility index (Phi) is 6.48. The Hall–Kier alpha value is -3.37. The first-order valence-corrected chi connectivity index (χ1v) is 11.0. The van der Waals surface area contributed by atoms with Crippen molar-refractivity contribution in [2.75, 3.05) is 42.3 Å². The van der Waals surface area contributed by atoms with E-state index in [9.17, 15) is 0 Å². The van der Waals surface area contributed by atoms with Crippen molar-refractivity contribution in [3.8, 4) is 11.4 Å². The molecule has 0 aliphatic carbocycles. The van der Waals surface area contributed by atoms with Gasteiger partial charge in [0.15, 0.2) is 21.6 Å². The molecule has 0 amide bonds. The number of fused-ring (bicyclic) bond motifs is 1. The van der Waals surface area contributed by atoms with Crippen LogP contribution in [-0.4, -0.2) is 51.2 Å². The van der Waals surface area contributed by atoms with Gasteiger partial charge in [0.1, 0.15) is 5.52 Å². The number of hydrogen-bond acceptors (Lipinski definition) is 10. The molecule has 0 bridgehead atoms. The van der Waals surface area contributed by atoms with Gasteiger partial charge in [-0.1, -0.05) is 43.4 Å². The van der Waals surface area contributed by atoms with Crippen molar-refractivity contribution < 1.29 is 4.74 Å². The van der Waals surface area contributed by atoms with Crippen LogP contribution >= 0.6 is 11.3 Å². The Morgan fingerprint density at radius 1 is 1.00 bits per heavy atom. The van der Waals surface area contributed by atoms with Crippen molar-refractivity contribution in [1.29, 1.82) is 0 Å². The van der Waals surface area contributed by atoms with E-state index >= 15 is 0 Å². The normalized spacial score (nSPS) is 13.5. The molecular formula is C21H24N8OS. The minimum absolute atomic E-state index is 0.218. The molecule has 5 rings (SSSR count). The minimum atomic E-state index is 0.218. The van der Waals surface area contributed by atoms with Crippen molar-refractivity contribution in [3.05, 3.63) is 42.7 Å². The van der Waals surface area contributed by atoms with E-state index in [4.69, 9.17) is 25.4 Å². The third-order valence-corrected chi connectivity index (χ3v) is 5.37. The van der Waals surface area contributed by atoms with Gasteiger partial charge >= 0.3 is 0 Å². The van der Waals surface area contributed by atoms with Crippen molar-refractivity contribution >= 4 is 44.3 Å². The summed E-state index contributed by atoms with van der Waals surface area (Å²) in [6.45, 7) is 6.82. The van der Waals surface area contributed by atoms with Crippen LogP contribution in [0.15, 0.2) is 42.7 Å². The van der Waals surface area contributed by atoms with Gasteiger partial charge in [0, 0.05) is 31.2 Å². The molecule has 4 aromatic rings. The number of ether oxygens (including phenoxy) is 1. The minimum Gasteiger partial charge on any atom is -0.378 e. The molecule has 31 heavy (non-hydrogen) atoms. The predicted octanol–water partition coefficient (Wildman–Crippen LogP) is 3.73. The highest BCUT2D eigenvalue weighted by atomic mass is 32.1.